The van der Waals surface area contributed by atoms with Gasteiger partial charge in [0.15, 0.2) is 0 Å². The van der Waals surface area contributed by atoms with Crippen molar-refractivity contribution in [1.29, 1.82) is 0 Å². The number of carbonyl (C=O) groups excluding carboxylic acids is 2. The zero-order valence-electron chi connectivity index (χ0n) is 11.9. The predicted molar refractivity (Wildman–Crippen MR) is 78.3 cm³/mol. The van der Waals surface area contributed by atoms with E-state index in [0.717, 1.165) is 6.54 Å². The van der Waals surface area contributed by atoms with Gasteiger partial charge in [-0.05, 0) is 12.1 Å². The molecular formula is C13H20N6O2. The third-order valence-corrected chi connectivity index (χ3v) is 3.24. The highest BCUT2D eigenvalue weighted by Crippen LogP contribution is 2.03. The van der Waals surface area contributed by atoms with Gasteiger partial charge in [-0.2, -0.15) is 0 Å². The first-order chi connectivity index (χ1) is 10.2. The first-order valence-electron chi connectivity index (χ1n) is 6.83. The summed E-state index contributed by atoms with van der Waals surface area (Å²) in [5.74, 6) is 0.262. The molecule has 2 rings (SSSR count). The summed E-state index contributed by atoms with van der Waals surface area (Å²) in [5.41, 5.74) is 5.32. The number of amides is 2. The molecule has 2 heterocycles. The first-order valence-corrected chi connectivity index (χ1v) is 6.83. The van der Waals surface area contributed by atoms with E-state index < -0.39 is 0 Å². The lowest BCUT2D eigenvalue weighted by Crippen LogP contribution is -2.59. The highest BCUT2D eigenvalue weighted by molar-refractivity contribution is 5.84. The van der Waals surface area contributed by atoms with Gasteiger partial charge < -0.3 is 10.6 Å². The van der Waals surface area contributed by atoms with Crippen LogP contribution in [-0.2, 0) is 9.59 Å². The van der Waals surface area contributed by atoms with E-state index in [-0.39, 0.29) is 24.4 Å². The second-order valence-electron chi connectivity index (χ2n) is 4.69. The molecule has 1 saturated heterocycles. The fraction of sp³-hybridized carbons (Fsp3) is 0.462. The van der Waals surface area contributed by atoms with Crippen molar-refractivity contribution in [3.05, 3.63) is 24.4 Å². The number of hydrogen-bond acceptors (Lipinski definition) is 6. The minimum atomic E-state index is -0.329. The highest BCUT2D eigenvalue weighted by atomic mass is 16.2. The molecule has 1 unspecified atom stereocenters. The number of likely N-dealkylation sites (N-methyl/N-ethyl adjacent to an activating group) is 1. The number of carbonyl (C=O) groups is 2. The van der Waals surface area contributed by atoms with Gasteiger partial charge in [0.2, 0.25) is 5.91 Å². The lowest BCUT2D eigenvalue weighted by molar-refractivity contribution is -0.129. The van der Waals surface area contributed by atoms with Crippen molar-refractivity contribution in [2.45, 2.75) is 6.04 Å². The van der Waals surface area contributed by atoms with Crippen molar-refractivity contribution in [1.82, 2.24) is 25.9 Å². The van der Waals surface area contributed by atoms with Gasteiger partial charge in [-0.25, -0.2) is 4.98 Å². The van der Waals surface area contributed by atoms with Crippen LogP contribution in [-0.4, -0.2) is 61.0 Å². The standard InChI is InChI=1S/C13H20N6O2/c1-14-13(21)10-8-15-6-7-19(10)9-12(20)18-17-11-4-2-3-5-16-11/h2-5,10,15H,6-9H2,1H3,(H,14,21)(H,16,17)(H,18,20). The van der Waals surface area contributed by atoms with Crippen LogP contribution in [0.15, 0.2) is 24.4 Å². The highest BCUT2D eigenvalue weighted by Gasteiger charge is 2.29. The van der Waals surface area contributed by atoms with Crippen molar-refractivity contribution in [3.8, 4) is 0 Å². The Labute approximate surface area is 123 Å². The summed E-state index contributed by atoms with van der Waals surface area (Å²) in [5, 5.41) is 5.77. The molecule has 1 aliphatic rings. The van der Waals surface area contributed by atoms with E-state index in [1.165, 1.54) is 0 Å². The van der Waals surface area contributed by atoms with Gasteiger partial charge in [-0.3, -0.25) is 25.3 Å². The van der Waals surface area contributed by atoms with Crippen LogP contribution in [0.2, 0.25) is 0 Å². The molecule has 4 N–H and O–H groups in total. The van der Waals surface area contributed by atoms with Crippen molar-refractivity contribution < 1.29 is 9.59 Å². The van der Waals surface area contributed by atoms with Gasteiger partial charge in [-0.1, -0.05) is 6.07 Å². The number of hydrogen-bond donors (Lipinski definition) is 4. The molecule has 8 heteroatoms. The number of anilines is 1. The Balaban J connectivity index is 1.84. The van der Waals surface area contributed by atoms with E-state index in [0.29, 0.717) is 18.9 Å². The summed E-state index contributed by atoms with van der Waals surface area (Å²) in [4.78, 5) is 29.6. The smallest absolute Gasteiger partial charge is 0.252 e. The summed E-state index contributed by atoms with van der Waals surface area (Å²) in [6.45, 7) is 2.10. The molecule has 1 aliphatic heterocycles. The number of pyridine rings is 1. The van der Waals surface area contributed by atoms with Crippen molar-refractivity contribution in [2.24, 2.45) is 0 Å². The summed E-state index contributed by atoms with van der Waals surface area (Å²) >= 11 is 0. The minimum Gasteiger partial charge on any atom is -0.358 e. The van der Waals surface area contributed by atoms with E-state index >= 15 is 0 Å². The minimum absolute atomic E-state index is 0.0901. The van der Waals surface area contributed by atoms with Crippen LogP contribution >= 0.6 is 0 Å². The van der Waals surface area contributed by atoms with Crippen LogP contribution < -0.4 is 21.5 Å². The van der Waals surface area contributed by atoms with E-state index in [4.69, 9.17) is 0 Å². The Bertz CT molecular complexity index is 481. The topological polar surface area (TPSA) is 98.4 Å². The number of piperazine rings is 1. The Morgan fingerprint density at radius 1 is 1.48 bits per heavy atom. The summed E-state index contributed by atoms with van der Waals surface area (Å²) in [6.07, 6.45) is 1.63. The normalized spacial score (nSPS) is 18.8. The fourth-order valence-corrected chi connectivity index (χ4v) is 2.16. The molecule has 0 aliphatic carbocycles. The third kappa shape index (κ3) is 4.40. The Hall–Kier alpha value is -2.19. The Morgan fingerprint density at radius 2 is 2.33 bits per heavy atom. The molecule has 0 radical (unpaired) electrons. The molecule has 114 valence electrons. The molecule has 0 spiro atoms. The van der Waals surface area contributed by atoms with Gasteiger partial charge in [0.25, 0.3) is 5.91 Å². The van der Waals surface area contributed by atoms with Crippen LogP contribution in [0.3, 0.4) is 0 Å². The molecular weight excluding hydrogens is 272 g/mol. The zero-order chi connectivity index (χ0) is 15.1. The molecule has 1 aromatic rings. The predicted octanol–water partition coefficient (Wildman–Crippen LogP) is -1.46. The summed E-state index contributed by atoms with van der Waals surface area (Å²) < 4.78 is 0. The lowest BCUT2D eigenvalue weighted by atomic mass is 10.2. The number of nitrogens with one attached hydrogen (secondary N) is 4. The number of hydrazine groups is 1. The average molecular weight is 292 g/mol. The molecule has 1 fully saturated rings. The maximum Gasteiger partial charge on any atom is 0.252 e. The van der Waals surface area contributed by atoms with Crippen LogP contribution in [0.5, 0.6) is 0 Å². The quantitative estimate of drug-likeness (QED) is 0.495. The second-order valence-corrected chi connectivity index (χ2v) is 4.69. The van der Waals surface area contributed by atoms with Gasteiger partial charge >= 0.3 is 0 Å². The zero-order valence-corrected chi connectivity index (χ0v) is 11.9. The third-order valence-electron chi connectivity index (χ3n) is 3.24. The van der Waals surface area contributed by atoms with Gasteiger partial charge in [0.1, 0.15) is 11.9 Å². The van der Waals surface area contributed by atoms with Crippen LogP contribution in [0.25, 0.3) is 0 Å². The monoisotopic (exact) mass is 292 g/mol. The molecule has 0 bridgehead atoms. The molecule has 0 aromatic carbocycles. The lowest BCUT2D eigenvalue weighted by Gasteiger charge is -2.34. The fourth-order valence-electron chi connectivity index (χ4n) is 2.16. The first kappa shape index (κ1) is 15.2. The average Bonchev–Trinajstić information content (AvgIpc) is 2.54. The molecule has 1 atom stereocenters. The summed E-state index contributed by atoms with van der Waals surface area (Å²) in [7, 11) is 1.60. The van der Waals surface area contributed by atoms with Crippen molar-refractivity contribution in [2.75, 3.05) is 38.7 Å². The van der Waals surface area contributed by atoms with E-state index in [1.807, 2.05) is 11.0 Å². The van der Waals surface area contributed by atoms with Crippen LogP contribution in [0.4, 0.5) is 5.82 Å². The number of nitrogens with zero attached hydrogens (tertiary/aromatic N) is 2. The van der Waals surface area contributed by atoms with Gasteiger partial charge in [0.05, 0.1) is 6.54 Å². The Kier molecular flexibility index (Phi) is 5.47. The molecule has 1 aromatic heterocycles. The molecule has 2 amide bonds. The van der Waals surface area contributed by atoms with Gasteiger partial charge in [0, 0.05) is 32.9 Å². The van der Waals surface area contributed by atoms with Crippen LogP contribution in [0.1, 0.15) is 0 Å². The van der Waals surface area contributed by atoms with Crippen LogP contribution in [0, 0.1) is 0 Å². The van der Waals surface area contributed by atoms with Crippen molar-refractivity contribution >= 4 is 17.6 Å². The van der Waals surface area contributed by atoms with E-state index in [9.17, 15) is 9.59 Å². The number of rotatable bonds is 5. The largest absolute Gasteiger partial charge is 0.358 e. The number of aromatic nitrogens is 1. The Morgan fingerprint density at radius 3 is 3.05 bits per heavy atom. The molecule has 21 heavy (non-hydrogen) atoms. The van der Waals surface area contributed by atoms with Gasteiger partial charge in [-0.15, -0.1) is 0 Å². The SMILES string of the molecule is CNC(=O)C1CNCCN1CC(=O)NNc1ccccn1. The second kappa shape index (κ2) is 7.55. The summed E-state index contributed by atoms with van der Waals surface area (Å²) in [6, 6.07) is 5.03. The molecule has 8 nitrogen and oxygen atoms in total. The van der Waals surface area contributed by atoms with Crippen molar-refractivity contribution in [3.63, 3.8) is 0 Å². The maximum absolute atomic E-state index is 11.9. The van der Waals surface area contributed by atoms with E-state index in [1.54, 1.807) is 25.4 Å². The van der Waals surface area contributed by atoms with E-state index in [2.05, 4.69) is 26.5 Å². The maximum atomic E-state index is 11.9. The molecule has 0 saturated carbocycles.